The summed E-state index contributed by atoms with van der Waals surface area (Å²) in [5, 5.41) is 10.6. The first-order valence-corrected chi connectivity index (χ1v) is 6.49. The van der Waals surface area contributed by atoms with Gasteiger partial charge in [0.2, 0.25) is 0 Å². The van der Waals surface area contributed by atoms with Gasteiger partial charge in [-0.3, -0.25) is 5.10 Å². The van der Waals surface area contributed by atoms with Gasteiger partial charge in [-0.2, -0.15) is 5.10 Å². The van der Waals surface area contributed by atoms with Gasteiger partial charge >= 0.3 is 0 Å². The number of nitrogens with one attached hydrogen (secondary N) is 2. The van der Waals surface area contributed by atoms with Crippen LogP contribution in [0.1, 0.15) is 13.8 Å². The number of anilines is 1. The molecule has 3 nitrogen and oxygen atoms in total. The summed E-state index contributed by atoms with van der Waals surface area (Å²) in [6, 6.07) is 10.2. The number of benzene rings is 1. The van der Waals surface area contributed by atoms with E-state index >= 15 is 0 Å². The van der Waals surface area contributed by atoms with Crippen LogP contribution in [0.15, 0.2) is 34.8 Å². The Morgan fingerprint density at radius 1 is 1.35 bits per heavy atom. The molecule has 0 amide bonds. The molecular weight excluding hydrogens is 278 g/mol. The maximum absolute atomic E-state index is 4.24. The van der Waals surface area contributed by atoms with Crippen molar-refractivity contribution in [1.82, 2.24) is 10.2 Å². The van der Waals surface area contributed by atoms with Crippen LogP contribution in [0.2, 0.25) is 0 Å². The van der Waals surface area contributed by atoms with Gasteiger partial charge in [0.25, 0.3) is 0 Å². The summed E-state index contributed by atoms with van der Waals surface area (Å²) >= 11 is 3.47. The molecule has 0 bridgehead atoms. The smallest absolute Gasteiger partial charge is 0.148 e. The van der Waals surface area contributed by atoms with Crippen LogP contribution in [0.25, 0.3) is 11.3 Å². The summed E-state index contributed by atoms with van der Waals surface area (Å²) in [4.78, 5) is 0. The van der Waals surface area contributed by atoms with Crippen LogP contribution in [0.3, 0.4) is 0 Å². The maximum atomic E-state index is 4.24. The highest BCUT2D eigenvalue weighted by Gasteiger charge is 2.04. The fourth-order valence-electron chi connectivity index (χ4n) is 1.52. The van der Waals surface area contributed by atoms with Crippen LogP contribution in [-0.4, -0.2) is 16.7 Å². The molecule has 0 aliphatic rings. The molecule has 2 rings (SSSR count). The minimum Gasteiger partial charge on any atom is -0.368 e. The fraction of sp³-hybridized carbons (Fsp3) is 0.308. The minimum atomic E-state index is 0.612. The van der Waals surface area contributed by atoms with E-state index in [1.54, 1.807) is 0 Å². The Hall–Kier alpha value is -1.29. The number of aromatic nitrogens is 2. The Morgan fingerprint density at radius 2 is 2.18 bits per heavy atom. The van der Waals surface area contributed by atoms with Crippen LogP contribution in [0, 0.1) is 5.92 Å². The van der Waals surface area contributed by atoms with Crippen molar-refractivity contribution in [1.29, 1.82) is 0 Å². The van der Waals surface area contributed by atoms with Crippen molar-refractivity contribution < 1.29 is 0 Å². The van der Waals surface area contributed by atoms with Crippen molar-refractivity contribution in [3.05, 3.63) is 34.8 Å². The van der Waals surface area contributed by atoms with E-state index in [1.165, 1.54) is 0 Å². The van der Waals surface area contributed by atoms with Crippen molar-refractivity contribution in [3.63, 3.8) is 0 Å². The molecule has 1 heterocycles. The third-order valence-electron chi connectivity index (χ3n) is 2.40. The molecule has 0 saturated heterocycles. The molecule has 0 aliphatic carbocycles. The number of hydrogen-bond acceptors (Lipinski definition) is 2. The van der Waals surface area contributed by atoms with Gasteiger partial charge in [-0.1, -0.05) is 41.9 Å². The quantitative estimate of drug-likeness (QED) is 0.897. The Balaban J connectivity index is 2.12. The highest BCUT2D eigenvalue weighted by molar-refractivity contribution is 9.10. The number of hydrogen-bond donors (Lipinski definition) is 2. The zero-order valence-corrected chi connectivity index (χ0v) is 11.6. The zero-order valence-electron chi connectivity index (χ0n) is 10.00. The molecule has 90 valence electrons. The van der Waals surface area contributed by atoms with Crippen molar-refractivity contribution >= 4 is 21.7 Å². The normalized spacial score (nSPS) is 10.8. The molecule has 4 heteroatoms. The molecule has 0 radical (unpaired) electrons. The first-order valence-electron chi connectivity index (χ1n) is 5.70. The number of H-pyrrole nitrogens is 1. The van der Waals surface area contributed by atoms with Gasteiger partial charge in [-0.15, -0.1) is 0 Å². The lowest BCUT2D eigenvalue weighted by atomic mass is 10.1. The Kier molecular flexibility index (Phi) is 3.84. The summed E-state index contributed by atoms with van der Waals surface area (Å²) in [5.41, 5.74) is 2.15. The lowest BCUT2D eigenvalue weighted by Gasteiger charge is -2.04. The molecular formula is C13H16BrN3. The van der Waals surface area contributed by atoms with Gasteiger partial charge in [-0.25, -0.2) is 0 Å². The van der Waals surface area contributed by atoms with Gasteiger partial charge in [0.15, 0.2) is 0 Å². The zero-order chi connectivity index (χ0) is 12.3. The molecule has 0 spiro atoms. The van der Waals surface area contributed by atoms with E-state index in [4.69, 9.17) is 0 Å². The van der Waals surface area contributed by atoms with Crippen LogP contribution >= 0.6 is 15.9 Å². The second kappa shape index (κ2) is 5.36. The van der Waals surface area contributed by atoms with E-state index in [0.717, 1.165) is 28.1 Å². The van der Waals surface area contributed by atoms with Crippen LogP contribution < -0.4 is 5.32 Å². The predicted molar refractivity (Wildman–Crippen MR) is 75.1 cm³/mol. The lowest BCUT2D eigenvalue weighted by molar-refractivity contribution is 0.687. The molecule has 2 N–H and O–H groups in total. The van der Waals surface area contributed by atoms with Crippen LogP contribution in [0.5, 0.6) is 0 Å². The summed E-state index contributed by atoms with van der Waals surface area (Å²) in [7, 11) is 0. The third-order valence-corrected chi connectivity index (χ3v) is 2.90. The van der Waals surface area contributed by atoms with E-state index in [9.17, 15) is 0 Å². The van der Waals surface area contributed by atoms with E-state index in [2.05, 4.69) is 57.4 Å². The van der Waals surface area contributed by atoms with Crippen molar-refractivity contribution in [3.8, 4) is 11.3 Å². The number of rotatable bonds is 4. The van der Waals surface area contributed by atoms with E-state index in [-0.39, 0.29) is 0 Å². The largest absolute Gasteiger partial charge is 0.368 e. The van der Waals surface area contributed by atoms with E-state index in [0.29, 0.717) is 5.92 Å². The molecule has 0 unspecified atom stereocenters. The van der Waals surface area contributed by atoms with Crippen LogP contribution in [-0.2, 0) is 0 Å². The molecule has 1 aromatic carbocycles. The fourth-order valence-corrected chi connectivity index (χ4v) is 1.92. The summed E-state index contributed by atoms with van der Waals surface area (Å²) in [5.74, 6) is 1.51. The van der Waals surface area contributed by atoms with E-state index in [1.807, 2.05) is 18.2 Å². The molecule has 0 atom stereocenters. The summed E-state index contributed by atoms with van der Waals surface area (Å²) in [6.07, 6.45) is 0. The molecule has 0 fully saturated rings. The van der Waals surface area contributed by atoms with Crippen LogP contribution in [0.4, 0.5) is 5.82 Å². The van der Waals surface area contributed by atoms with E-state index < -0.39 is 0 Å². The standard InChI is InChI=1S/C13H16BrN3/c1-9(2)8-15-13-7-12(16-17-13)10-4-3-5-11(14)6-10/h3-7,9H,8H2,1-2H3,(H2,15,16,17). The molecule has 1 aromatic heterocycles. The third kappa shape index (κ3) is 3.33. The first kappa shape index (κ1) is 12.2. The molecule has 2 aromatic rings. The van der Waals surface area contributed by atoms with Crippen molar-refractivity contribution in [2.75, 3.05) is 11.9 Å². The van der Waals surface area contributed by atoms with Gasteiger partial charge in [-0.05, 0) is 18.1 Å². The van der Waals surface area contributed by atoms with Gasteiger partial charge in [0.1, 0.15) is 5.82 Å². The Labute approximate surface area is 110 Å². The Bertz CT molecular complexity index is 491. The minimum absolute atomic E-state index is 0.612. The second-order valence-electron chi connectivity index (χ2n) is 4.45. The Morgan fingerprint density at radius 3 is 2.88 bits per heavy atom. The summed E-state index contributed by atoms with van der Waals surface area (Å²) < 4.78 is 1.07. The second-order valence-corrected chi connectivity index (χ2v) is 5.37. The molecule has 17 heavy (non-hydrogen) atoms. The maximum Gasteiger partial charge on any atom is 0.148 e. The van der Waals surface area contributed by atoms with Crippen molar-refractivity contribution in [2.45, 2.75) is 13.8 Å². The highest BCUT2D eigenvalue weighted by atomic mass is 79.9. The average Bonchev–Trinajstić information content (AvgIpc) is 2.75. The average molecular weight is 294 g/mol. The monoisotopic (exact) mass is 293 g/mol. The van der Waals surface area contributed by atoms with Gasteiger partial charge < -0.3 is 5.32 Å². The SMILES string of the molecule is CC(C)CNc1cc(-c2cccc(Br)c2)[nH]n1. The number of nitrogens with zero attached hydrogens (tertiary/aromatic N) is 1. The lowest BCUT2D eigenvalue weighted by Crippen LogP contribution is -2.07. The highest BCUT2D eigenvalue weighted by Crippen LogP contribution is 2.22. The molecule has 0 saturated carbocycles. The van der Waals surface area contributed by atoms with Gasteiger partial charge in [0, 0.05) is 22.6 Å². The van der Waals surface area contributed by atoms with Gasteiger partial charge in [0.05, 0.1) is 5.69 Å². The molecule has 0 aliphatic heterocycles. The first-order chi connectivity index (χ1) is 8.15. The van der Waals surface area contributed by atoms with Crippen molar-refractivity contribution in [2.24, 2.45) is 5.92 Å². The predicted octanol–water partition coefficient (Wildman–Crippen LogP) is 3.91. The number of aromatic amines is 1. The summed E-state index contributed by atoms with van der Waals surface area (Å²) in [6.45, 7) is 5.28. The topological polar surface area (TPSA) is 40.7 Å². The number of halogens is 1.